The SMILES string of the molecule is O=C(O)[C@H]1CCC(=O)N1Cc1ccc2c(c1)OCO2. The van der Waals surface area contributed by atoms with Crippen molar-refractivity contribution < 1.29 is 24.2 Å². The fourth-order valence-corrected chi connectivity index (χ4v) is 2.42. The van der Waals surface area contributed by atoms with Crippen LogP contribution in [0.4, 0.5) is 0 Å². The van der Waals surface area contributed by atoms with Crippen LogP contribution in [0.15, 0.2) is 18.2 Å². The van der Waals surface area contributed by atoms with Crippen molar-refractivity contribution in [2.75, 3.05) is 6.79 Å². The molecule has 1 aromatic rings. The van der Waals surface area contributed by atoms with E-state index in [1.54, 1.807) is 12.1 Å². The molecule has 1 atom stereocenters. The van der Waals surface area contributed by atoms with Gasteiger partial charge in [0.05, 0.1) is 0 Å². The number of likely N-dealkylation sites (tertiary alicyclic amines) is 1. The van der Waals surface area contributed by atoms with Crippen LogP contribution in [0.2, 0.25) is 0 Å². The molecule has 100 valence electrons. The van der Waals surface area contributed by atoms with Crippen LogP contribution in [-0.2, 0) is 16.1 Å². The standard InChI is InChI=1S/C13H13NO5/c15-12-4-2-9(13(16)17)14(12)6-8-1-3-10-11(5-8)19-7-18-10/h1,3,5,9H,2,4,6-7H2,(H,16,17)/t9-/m1/s1. The maximum Gasteiger partial charge on any atom is 0.326 e. The molecule has 1 aromatic carbocycles. The molecule has 0 aromatic heterocycles. The lowest BCUT2D eigenvalue weighted by Gasteiger charge is -2.21. The number of nitrogens with zero attached hydrogens (tertiary/aromatic N) is 1. The minimum Gasteiger partial charge on any atom is -0.480 e. The van der Waals surface area contributed by atoms with Crippen LogP contribution in [0.5, 0.6) is 11.5 Å². The Kier molecular flexibility index (Phi) is 2.77. The second-order valence-electron chi connectivity index (χ2n) is 4.60. The summed E-state index contributed by atoms with van der Waals surface area (Å²) in [7, 11) is 0. The molecule has 2 aliphatic rings. The third kappa shape index (κ3) is 2.09. The number of amides is 1. The van der Waals surface area contributed by atoms with Crippen molar-refractivity contribution in [1.29, 1.82) is 0 Å². The number of carbonyl (C=O) groups is 2. The van der Waals surface area contributed by atoms with Crippen LogP contribution in [0.1, 0.15) is 18.4 Å². The van der Waals surface area contributed by atoms with Crippen molar-refractivity contribution in [2.24, 2.45) is 0 Å². The fourth-order valence-electron chi connectivity index (χ4n) is 2.42. The molecular formula is C13H13NO5. The zero-order valence-corrected chi connectivity index (χ0v) is 10.2. The van der Waals surface area contributed by atoms with Gasteiger partial charge in [-0.1, -0.05) is 6.07 Å². The molecule has 1 amide bonds. The third-order valence-corrected chi connectivity index (χ3v) is 3.40. The number of aliphatic carboxylic acids is 1. The van der Waals surface area contributed by atoms with E-state index in [0.717, 1.165) is 5.56 Å². The predicted octanol–water partition coefficient (Wildman–Crippen LogP) is 0.991. The van der Waals surface area contributed by atoms with Gasteiger partial charge in [-0.25, -0.2) is 4.79 Å². The summed E-state index contributed by atoms with van der Waals surface area (Å²) in [5.74, 6) is 0.235. The first kappa shape index (κ1) is 11.8. The second-order valence-corrected chi connectivity index (χ2v) is 4.60. The highest BCUT2D eigenvalue weighted by atomic mass is 16.7. The second kappa shape index (κ2) is 4.46. The number of ether oxygens (including phenoxy) is 2. The van der Waals surface area contributed by atoms with Crippen molar-refractivity contribution in [3.05, 3.63) is 23.8 Å². The van der Waals surface area contributed by atoms with Crippen LogP contribution in [-0.4, -0.2) is 34.7 Å². The Labute approximate surface area is 109 Å². The van der Waals surface area contributed by atoms with Crippen LogP contribution in [0.25, 0.3) is 0 Å². The minimum absolute atomic E-state index is 0.120. The molecular weight excluding hydrogens is 250 g/mol. The highest BCUT2D eigenvalue weighted by molar-refractivity contribution is 5.87. The van der Waals surface area contributed by atoms with E-state index < -0.39 is 12.0 Å². The van der Waals surface area contributed by atoms with E-state index in [1.807, 2.05) is 6.07 Å². The molecule has 2 heterocycles. The Bertz CT molecular complexity index is 542. The van der Waals surface area contributed by atoms with Crippen molar-refractivity contribution >= 4 is 11.9 Å². The molecule has 0 unspecified atom stereocenters. The summed E-state index contributed by atoms with van der Waals surface area (Å²) in [6, 6.07) is 4.65. The van der Waals surface area contributed by atoms with Gasteiger partial charge < -0.3 is 19.5 Å². The van der Waals surface area contributed by atoms with Crippen molar-refractivity contribution in [3.8, 4) is 11.5 Å². The zero-order valence-electron chi connectivity index (χ0n) is 10.2. The predicted molar refractivity (Wildman–Crippen MR) is 63.8 cm³/mol. The average Bonchev–Trinajstić information content (AvgIpc) is 2.97. The van der Waals surface area contributed by atoms with Gasteiger partial charge >= 0.3 is 5.97 Å². The van der Waals surface area contributed by atoms with E-state index in [4.69, 9.17) is 14.6 Å². The lowest BCUT2D eigenvalue weighted by molar-refractivity contribution is -0.146. The highest BCUT2D eigenvalue weighted by Gasteiger charge is 2.35. The topological polar surface area (TPSA) is 76.1 Å². The number of carboxylic acid groups (broad SMARTS) is 1. The summed E-state index contributed by atoms with van der Waals surface area (Å²) in [5.41, 5.74) is 0.839. The lowest BCUT2D eigenvalue weighted by Crippen LogP contribution is -2.37. The van der Waals surface area contributed by atoms with Gasteiger partial charge in [-0.15, -0.1) is 0 Å². The number of carbonyl (C=O) groups excluding carboxylic acids is 1. The van der Waals surface area contributed by atoms with Crippen LogP contribution < -0.4 is 9.47 Å². The van der Waals surface area contributed by atoms with E-state index in [-0.39, 0.29) is 19.2 Å². The van der Waals surface area contributed by atoms with Gasteiger partial charge in [0.15, 0.2) is 11.5 Å². The number of rotatable bonds is 3. The van der Waals surface area contributed by atoms with Crippen LogP contribution in [0, 0.1) is 0 Å². The summed E-state index contributed by atoms with van der Waals surface area (Å²) >= 11 is 0. The van der Waals surface area contributed by atoms with E-state index in [9.17, 15) is 9.59 Å². The fraction of sp³-hybridized carbons (Fsp3) is 0.385. The normalized spacial score (nSPS) is 20.9. The van der Waals surface area contributed by atoms with Gasteiger partial charge in [-0.3, -0.25) is 4.79 Å². The Morgan fingerprint density at radius 3 is 2.95 bits per heavy atom. The molecule has 0 spiro atoms. The average molecular weight is 263 g/mol. The van der Waals surface area contributed by atoms with Crippen molar-refractivity contribution in [1.82, 2.24) is 4.90 Å². The molecule has 0 bridgehead atoms. The molecule has 0 aliphatic carbocycles. The van der Waals surface area contributed by atoms with E-state index >= 15 is 0 Å². The maximum atomic E-state index is 11.7. The number of fused-ring (bicyclic) bond motifs is 1. The molecule has 6 heteroatoms. The Hall–Kier alpha value is -2.24. The van der Waals surface area contributed by atoms with Crippen LogP contribution in [0.3, 0.4) is 0 Å². The molecule has 2 aliphatic heterocycles. The first-order valence-electron chi connectivity index (χ1n) is 6.06. The van der Waals surface area contributed by atoms with E-state index in [0.29, 0.717) is 24.3 Å². The van der Waals surface area contributed by atoms with Gasteiger partial charge in [-0.05, 0) is 24.1 Å². The van der Waals surface area contributed by atoms with Crippen molar-refractivity contribution in [2.45, 2.75) is 25.4 Å². The molecule has 0 saturated carbocycles. The lowest BCUT2D eigenvalue weighted by atomic mass is 10.1. The summed E-state index contributed by atoms with van der Waals surface area (Å²) < 4.78 is 10.5. The third-order valence-electron chi connectivity index (χ3n) is 3.40. The first-order chi connectivity index (χ1) is 9.15. The number of hydrogen-bond donors (Lipinski definition) is 1. The molecule has 1 N–H and O–H groups in total. The number of hydrogen-bond acceptors (Lipinski definition) is 4. The maximum absolute atomic E-state index is 11.7. The Morgan fingerprint density at radius 2 is 2.16 bits per heavy atom. The quantitative estimate of drug-likeness (QED) is 0.880. The van der Waals surface area contributed by atoms with Gasteiger partial charge in [0, 0.05) is 13.0 Å². The van der Waals surface area contributed by atoms with Gasteiger partial charge in [0.2, 0.25) is 12.7 Å². The van der Waals surface area contributed by atoms with Gasteiger partial charge in [-0.2, -0.15) is 0 Å². The Balaban J connectivity index is 1.80. The summed E-state index contributed by atoms with van der Waals surface area (Å²) in [6.45, 7) is 0.478. The minimum atomic E-state index is -0.952. The highest BCUT2D eigenvalue weighted by Crippen LogP contribution is 2.33. The molecule has 6 nitrogen and oxygen atoms in total. The largest absolute Gasteiger partial charge is 0.480 e. The first-order valence-corrected chi connectivity index (χ1v) is 6.06. The molecule has 1 saturated heterocycles. The van der Waals surface area contributed by atoms with Crippen LogP contribution >= 0.6 is 0 Å². The zero-order chi connectivity index (χ0) is 13.4. The van der Waals surface area contributed by atoms with E-state index in [1.165, 1.54) is 4.90 Å². The molecule has 1 fully saturated rings. The monoisotopic (exact) mass is 263 g/mol. The number of benzene rings is 1. The molecule has 0 radical (unpaired) electrons. The summed E-state index contributed by atoms with van der Waals surface area (Å²) in [4.78, 5) is 24.2. The smallest absolute Gasteiger partial charge is 0.326 e. The molecule has 19 heavy (non-hydrogen) atoms. The summed E-state index contributed by atoms with van der Waals surface area (Å²) in [6.07, 6.45) is 0.667. The van der Waals surface area contributed by atoms with Gasteiger partial charge in [0.1, 0.15) is 6.04 Å². The van der Waals surface area contributed by atoms with Crippen molar-refractivity contribution in [3.63, 3.8) is 0 Å². The van der Waals surface area contributed by atoms with E-state index in [2.05, 4.69) is 0 Å². The Morgan fingerprint density at radius 1 is 1.37 bits per heavy atom. The number of carboxylic acids is 1. The summed E-state index contributed by atoms with van der Waals surface area (Å²) in [5, 5.41) is 9.10. The van der Waals surface area contributed by atoms with Gasteiger partial charge in [0.25, 0.3) is 0 Å². The molecule has 3 rings (SSSR count).